The van der Waals surface area contributed by atoms with Crippen LogP contribution >= 0.6 is 0 Å². The van der Waals surface area contributed by atoms with Crippen LogP contribution in [0.1, 0.15) is 39.1 Å². The lowest BCUT2D eigenvalue weighted by atomic mass is 9.96. The van der Waals surface area contributed by atoms with E-state index in [1.165, 1.54) is 5.56 Å². The van der Waals surface area contributed by atoms with Crippen molar-refractivity contribution < 1.29 is 9.59 Å². The minimum atomic E-state index is -0.193. The molecule has 0 bridgehead atoms. The number of carbonyl (C=O) groups is 2. The summed E-state index contributed by atoms with van der Waals surface area (Å²) in [5.74, 6) is 0.199. The van der Waals surface area contributed by atoms with Gasteiger partial charge in [0.05, 0.1) is 0 Å². The molecule has 4 rings (SSSR count). The fourth-order valence-electron chi connectivity index (χ4n) is 3.93. The molecule has 32 heavy (non-hydrogen) atoms. The number of anilines is 1. The average molecular weight is 429 g/mol. The molecule has 6 nitrogen and oxygen atoms in total. The van der Waals surface area contributed by atoms with Crippen LogP contribution in [-0.2, 0) is 6.54 Å². The van der Waals surface area contributed by atoms with Crippen LogP contribution in [0.25, 0.3) is 0 Å². The van der Waals surface area contributed by atoms with E-state index >= 15 is 0 Å². The number of nitrogens with one attached hydrogen (secondary N) is 2. The molecule has 0 aliphatic carbocycles. The van der Waals surface area contributed by atoms with E-state index in [2.05, 4.69) is 32.7 Å². The minimum Gasteiger partial charge on any atom is -0.352 e. The number of carbonyl (C=O) groups excluding carboxylic acids is 2. The summed E-state index contributed by atoms with van der Waals surface area (Å²) in [6.07, 6.45) is 5.81. The standard InChI is InChI=1S/C26H28N4O2/c31-25(22-6-8-23(9-7-22)26(32)29-24-4-2-1-3-5-24)28-18-20-12-16-30(17-13-20)19-21-10-14-27-15-11-21/h1-11,14-15,20H,12-13,16-19H2,(H,28,31)(H,29,32). The van der Waals surface area contributed by atoms with Crippen molar-refractivity contribution in [1.82, 2.24) is 15.2 Å². The molecule has 2 N–H and O–H groups in total. The first-order valence-corrected chi connectivity index (χ1v) is 11.0. The minimum absolute atomic E-state index is 0.0979. The van der Waals surface area contributed by atoms with Crippen molar-refractivity contribution in [2.75, 3.05) is 25.0 Å². The Morgan fingerprint density at radius 1 is 0.844 bits per heavy atom. The van der Waals surface area contributed by atoms with Gasteiger partial charge in [0, 0.05) is 42.3 Å². The summed E-state index contributed by atoms with van der Waals surface area (Å²) in [6, 6.07) is 20.2. The van der Waals surface area contributed by atoms with Gasteiger partial charge in [0.1, 0.15) is 0 Å². The number of para-hydroxylation sites is 1. The van der Waals surface area contributed by atoms with Crippen LogP contribution in [0.15, 0.2) is 79.1 Å². The Morgan fingerprint density at radius 3 is 2.12 bits per heavy atom. The molecule has 3 aromatic rings. The number of hydrogen-bond acceptors (Lipinski definition) is 4. The summed E-state index contributed by atoms with van der Waals surface area (Å²) in [5.41, 5.74) is 3.11. The van der Waals surface area contributed by atoms with Crippen molar-refractivity contribution in [3.63, 3.8) is 0 Å². The van der Waals surface area contributed by atoms with E-state index in [9.17, 15) is 9.59 Å². The van der Waals surface area contributed by atoms with Crippen molar-refractivity contribution in [3.05, 3.63) is 95.8 Å². The zero-order chi connectivity index (χ0) is 22.2. The van der Waals surface area contributed by atoms with E-state index in [1.54, 1.807) is 24.3 Å². The summed E-state index contributed by atoms with van der Waals surface area (Å²) in [4.78, 5) is 31.4. The monoisotopic (exact) mass is 428 g/mol. The van der Waals surface area contributed by atoms with Crippen LogP contribution in [0.2, 0.25) is 0 Å². The molecule has 2 aromatic carbocycles. The maximum atomic E-state index is 12.5. The van der Waals surface area contributed by atoms with Gasteiger partial charge in [-0.2, -0.15) is 0 Å². The molecule has 0 unspecified atom stereocenters. The van der Waals surface area contributed by atoms with Crippen molar-refractivity contribution in [1.29, 1.82) is 0 Å². The molecule has 2 amide bonds. The number of pyridine rings is 1. The molecular weight excluding hydrogens is 400 g/mol. The first-order valence-electron chi connectivity index (χ1n) is 11.0. The summed E-state index contributed by atoms with van der Waals surface area (Å²) in [5, 5.41) is 5.90. The lowest BCUT2D eigenvalue weighted by Crippen LogP contribution is -2.38. The number of nitrogens with zero attached hydrogens (tertiary/aromatic N) is 2. The Balaban J connectivity index is 1.21. The van der Waals surface area contributed by atoms with Crippen LogP contribution in [0.3, 0.4) is 0 Å². The summed E-state index contributed by atoms with van der Waals surface area (Å²) in [6.45, 7) is 3.70. The Hall–Kier alpha value is -3.51. The van der Waals surface area contributed by atoms with E-state index in [4.69, 9.17) is 0 Å². The molecule has 0 atom stereocenters. The van der Waals surface area contributed by atoms with E-state index in [-0.39, 0.29) is 11.8 Å². The van der Waals surface area contributed by atoms with Gasteiger partial charge in [0.15, 0.2) is 0 Å². The van der Waals surface area contributed by atoms with Crippen LogP contribution in [0, 0.1) is 5.92 Å². The zero-order valence-electron chi connectivity index (χ0n) is 18.0. The lowest BCUT2D eigenvalue weighted by Gasteiger charge is -2.32. The molecule has 1 aliphatic heterocycles. The first kappa shape index (κ1) is 21.7. The number of likely N-dealkylation sites (tertiary alicyclic amines) is 1. The quantitative estimate of drug-likeness (QED) is 0.597. The van der Waals surface area contributed by atoms with Crippen LogP contribution in [-0.4, -0.2) is 41.3 Å². The molecule has 0 saturated carbocycles. The average Bonchev–Trinajstić information content (AvgIpc) is 2.85. The van der Waals surface area contributed by atoms with Crippen LogP contribution in [0.4, 0.5) is 5.69 Å². The highest BCUT2D eigenvalue weighted by Crippen LogP contribution is 2.18. The molecule has 0 spiro atoms. The molecular formula is C26H28N4O2. The van der Waals surface area contributed by atoms with Crippen molar-refractivity contribution >= 4 is 17.5 Å². The van der Waals surface area contributed by atoms with Crippen molar-refractivity contribution in [2.24, 2.45) is 5.92 Å². The molecule has 1 aromatic heterocycles. The third kappa shape index (κ3) is 6.02. The van der Waals surface area contributed by atoms with Gasteiger partial charge < -0.3 is 10.6 Å². The highest BCUT2D eigenvalue weighted by atomic mass is 16.2. The van der Waals surface area contributed by atoms with Crippen LogP contribution < -0.4 is 10.6 Å². The highest BCUT2D eigenvalue weighted by Gasteiger charge is 2.20. The highest BCUT2D eigenvalue weighted by molar-refractivity contribution is 6.05. The first-order chi connectivity index (χ1) is 15.7. The third-order valence-electron chi connectivity index (χ3n) is 5.85. The molecule has 0 radical (unpaired) electrons. The van der Waals surface area contributed by atoms with Gasteiger partial charge in [-0.15, -0.1) is 0 Å². The van der Waals surface area contributed by atoms with Gasteiger partial charge in [-0.3, -0.25) is 19.5 Å². The maximum absolute atomic E-state index is 12.5. The van der Waals surface area contributed by atoms with Gasteiger partial charge in [0.2, 0.25) is 0 Å². The number of aromatic nitrogens is 1. The smallest absolute Gasteiger partial charge is 0.255 e. The second-order valence-corrected chi connectivity index (χ2v) is 8.18. The third-order valence-corrected chi connectivity index (χ3v) is 5.85. The summed E-state index contributed by atoms with van der Waals surface area (Å²) >= 11 is 0. The summed E-state index contributed by atoms with van der Waals surface area (Å²) < 4.78 is 0. The Bertz CT molecular complexity index is 1010. The van der Waals surface area contributed by atoms with Gasteiger partial charge >= 0.3 is 0 Å². The van der Waals surface area contributed by atoms with E-state index in [0.717, 1.165) is 38.2 Å². The largest absolute Gasteiger partial charge is 0.352 e. The second kappa shape index (κ2) is 10.7. The van der Waals surface area contributed by atoms with Gasteiger partial charge in [-0.1, -0.05) is 18.2 Å². The normalized spacial score (nSPS) is 14.6. The van der Waals surface area contributed by atoms with Crippen molar-refractivity contribution in [2.45, 2.75) is 19.4 Å². The molecule has 1 saturated heterocycles. The maximum Gasteiger partial charge on any atom is 0.255 e. The second-order valence-electron chi connectivity index (χ2n) is 8.18. The number of rotatable bonds is 7. The van der Waals surface area contributed by atoms with Gasteiger partial charge in [0.25, 0.3) is 11.8 Å². The topological polar surface area (TPSA) is 74.3 Å². The fourth-order valence-corrected chi connectivity index (χ4v) is 3.93. The SMILES string of the molecule is O=C(NCC1CCN(Cc2ccncc2)CC1)c1ccc(C(=O)Nc2ccccc2)cc1. The molecule has 164 valence electrons. The van der Waals surface area contributed by atoms with Gasteiger partial charge in [-0.25, -0.2) is 0 Å². The number of amides is 2. The predicted octanol–water partition coefficient (Wildman–Crippen LogP) is 3.98. The Morgan fingerprint density at radius 2 is 1.47 bits per heavy atom. The molecule has 1 fully saturated rings. The number of hydrogen-bond donors (Lipinski definition) is 2. The molecule has 1 aliphatic rings. The number of piperidine rings is 1. The van der Waals surface area contributed by atoms with Gasteiger partial charge in [-0.05, 0) is 85.9 Å². The molecule has 6 heteroatoms. The number of benzene rings is 2. The molecule has 2 heterocycles. The van der Waals surface area contributed by atoms with E-state index < -0.39 is 0 Å². The fraction of sp³-hybridized carbons (Fsp3) is 0.269. The Kier molecular flexibility index (Phi) is 7.25. The summed E-state index contributed by atoms with van der Waals surface area (Å²) in [7, 11) is 0. The zero-order valence-corrected chi connectivity index (χ0v) is 18.0. The van der Waals surface area contributed by atoms with Crippen molar-refractivity contribution in [3.8, 4) is 0 Å². The Labute approximate surface area is 188 Å². The lowest BCUT2D eigenvalue weighted by molar-refractivity contribution is 0.0933. The van der Waals surface area contributed by atoms with Crippen LogP contribution in [0.5, 0.6) is 0 Å². The predicted molar refractivity (Wildman–Crippen MR) is 125 cm³/mol. The van der Waals surface area contributed by atoms with E-state index in [1.807, 2.05) is 42.7 Å². The van der Waals surface area contributed by atoms with E-state index in [0.29, 0.717) is 23.6 Å².